The topological polar surface area (TPSA) is 59.4 Å². The lowest BCUT2D eigenvalue weighted by atomic mass is 10.1. The maximum atomic E-state index is 12.3. The van der Waals surface area contributed by atoms with Crippen molar-refractivity contribution in [2.24, 2.45) is 0 Å². The Bertz CT molecular complexity index is 880. The summed E-state index contributed by atoms with van der Waals surface area (Å²) in [7, 11) is 0. The number of aromatic nitrogens is 3. The molecule has 0 amide bonds. The highest BCUT2D eigenvalue weighted by Crippen LogP contribution is 2.41. The number of aromatic amines is 1. The van der Waals surface area contributed by atoms with E-state index >= 15 is 0 Å². The monoisotopic (exact) mass is 301 g/mol. The molecule has 3 aromatic rings. The smallest absolute Gasteiger partial charge is 0.315 e. The molecule has 1 N–H and O–H groups in total. The maximum Gasteiger partial charge on any atom is 0.315 e. The number of nitrogens with one attached hydrogen (secondary N) is 1. The van der Waals surface area contributed by atoms with Gasteiger partial charge >= 0.3 is 5.56 Å². The normalized spacial score (nSPS) is 14.5. The molecule has 1 saturated carbocycles. The van der Waals surface area contributed by atoms with Crippen LogP contribution in [-0.4, -0.2) is 14.6 Å². The SMILES string of the molecule is O=c1c(Oc2cccc(C3CC3)c2)cnc2cc(Cl)[nH]n12. The molecule has 0 unspecified atom stereocenters. The van der Waals surface area contributed by atoms with Gasteiger partial charge < -0.3 is 4.74 Å². The molecule has 2 aromatic heterocycles. The van der Waals surface area contributed by atoms with Crippen LogP contribution in [0.5, 0.6) is 11.5 Å². The van der Waals surface area contributed by atoms with Gasteiger partial charge in [-0.2, -0.15) is 4.52 Å². The van der Waals surface area contributed by atoms with Crippen molar-refractivity contribution >= 4 is 17.2 Å². The van der Waals surface area contributed by atoms with Gasteiger partial charge in [0.2, 0.25) is 5.75 Å². The third kappa shape index (κ3) is 2.29. The molecule has 0 spiro atoms. The number of fused-ring (bicyclic) bond motifs is 1. The van der Waals surface area contributed by atoms with Crippen molar-refractivity contribution in [3.05, 3.63) is 57.6 Å². The molecule has 0 atom stereocenters. The lowest BCUT2D eigenvalue weighted by Crippen LogP contribution is -2.16. The van der Waals surface area contributed by atoms with Crippen LogP contribution in [-0.2, 0) is 0 Å². The first-order valence-corrected chi connectivity index (χ1v) is 7.12. The summed E-state index contributed by atoms with van der Waals surface area (Å²) in [6.07, 6.45) is 3.87. The summed E-state index contributed by atoms with van der Waals surface area (Å²) in [5.74, 6) is 1.45. The van der Waals surface area contributed by atoms with Crippen molar-refractivity contribution in [3.8, 4) is 11.5 Å². The van der Waals surface area contributed by atoms with E-state index in [1.165, 1.54) is 29.1 Å². The minimum absolute atomic E-state index is 0.166. The van der Waals surface area contributed by atoms with Gasteiger partial charge in [0.1, 0.15) is 10.9 Å². The van der Waals surface area contributed by atoms with Crippen LogP contribution in [0.3, 0.4) is 0 Å². The van der Waals surface area contributed by atoms with Gasteiger partial charge in [-0.05, 0) is 36.5 Å². The lowest BCUT2D eigenvalue weighted by molar-refractivity contribution is 0.468. The Morgan fingerprint density at radius 3 is 3.00 bits per heavy atom. The van der Waals surface area contributed by atoms with E-state index in [4.69, 9.17) is 16.3 Å². The number of nitrogens with zero attached hydrogens (tertiary/aromatic N) is 2. The second-order valence-corrected chi connectivity index (χ2v) is 5.58. The summed E-state index contributed by atoms with van der Waals surface area (Å²) in [5.41, 5.74) is 1.40. The van der Waals surface area contributed by atoms with Gasteiger partial charge in [-0.25, -0.2) is 4.98 Å². The van der Waals surface area contributed by atoms with E-state index in [0.717, 1.165) is 0 Å². The molecule has 0 saturated heterocycles. The molecule has 0 aliphatic heterocycles. The van der Waals surface area contributed by atoms with Crippen LogP contribution in [0.4, 0.5) is 0 Å². The van der Waals surface area contributed by atoms with E-state index in [9.17, 15) is 4.79 Å². The van der Waals surface area contributed by atoms with Crippen LogP contribution >= 0.6 is 11.6 Å². The van der Waals surface area contributed by atoms with Crippen LogP contribution in [0.15, 0.2) is 41.3 Å². The van der Waals surface area contributed by atoms with Crippen molar-refractivity contribution in [2.45, 2.75) is 18.8 Å². The lowest BCUT2D eigenvalue weighted by Gasteiger charge is -2.06. The standard InChI is InChI=1S/C15H12ClN3O2/c16-13-7-14-17-8-12(15(20)19(14)18-13)21-11-3-1-2-10(6-11)9-4-5-9/h1-3,6-9,18H,4-5H2. The van der Waals surface area contributed by atoms with E-state index in [1.807, 2.05) is 18.2 Å². The number of hydrogen-bond acceptors (Lipinski definition) is 3. The molecule has 6 heteroatoms. The van der Waals surface area contributed by atoms with Gasteiger partial charge in [0, 0.05) is 6.07 Å². The predicted octanol–water partition coefficient (Wildman–Crippen LogP) is 3.35. The van der Waals surface area contributed by atoms with Gasteiger partial charge in [-0.1, -0.05) is 23.7 Å². The molecule has 1 fully saturated rings. The molecule has 0 radical (unpaired) electrons. The molecular formula is C15H12ClN3O2. The Morgan fingerprint density at radius 1 is 1.33 bits per heavy atom. The van der Waals surface area contributed by atoms with Crippen LogP contribution < -0.4 is 10.3 Å². The van der Waals surface area contributed by atoms with E-state index < -0.39 is 0 Å². The zero-order valence-electron chi connectivity index (χ0n) is 11.0. The second kappa shape index (κ2) is 4.63. The zero-order chi connectivity index (χ0) is 14.4. The quantitative estimate of drug-likeness (QED) is 0.807. The highest BCUT2D eigenvalue weighted by atomic mass is 35.5. The fourth-order valence-electron chi connectivity index (χ4n) is 2.36. The van der Waals surface area contributed by atoms with Gasteiger partial charge in [0.25, 0.3) is 0 Å². The summed E-state index contributed by atoms with van der Waals surface area (Å²) in [6, 6.07) is 9.43. The first-order chi connectivity index (χ1) is 10.2. The Hall–Kier alpha value is -2.27. The molecule has 1 aliphatic rings. The van der Waals surface area contributed by atoms with Crippen LogP contribution in [0.25, 0.3) is 5.65 Å². The summed E-state index contributed by atoms with van der Waals surface area (Å²) in [5, 5.41) is 3.07. The molecule has 4 rings (SSSR count). The van der Waals surface area contributed by atoms with Gasteiger partial charge in [0.15, 0.2) is 5.65 Å². The Kier molecular flexibility index (Phi) is 2.75. The molecule has 2 heterocycles. The zero-order valence-corrected chi connectivity index (χ0v) is 11.8. The molecular weight excluding hydrogens is 290 g/mol. The van der Waals surface area contributed by atoms with E-state index in [2.05, 4.69) is 16.1 Å². The minimum Gasteiger partial charge on any atom is -0.450 e. The van der Waals surface area contributed by atoms with Crippen molar-refractivity contribution in [1.29, 1.82) is 0 Å². The number of rotatable bonds is 3. The molecule has 1 aliphatic carbocycles. The third-order valence-corrected chi connectivity index (χ3v) is 3.76. The highest BCUT2D eigenvalue weighted by Gasteiger charge is 2.23. The molecule has 106 valence electrons. The predicted molar refractivity (Wildman–Crippen MR) is 79.3 cm³/mol. The first kappa shape index (κ1) is 12.5. The summed E-state index contributed by atoms with van der Waals surface area (Å²) in [6.45, 7) is 0. The summed E-state index contributed by atoms with van der Waals surface area (Å²) in [4.78, 5) is 16.4. The highest BCUT2D eigenvalue weighted by molar-refractivity contribution is 6.29. The maximum absolute atomic E-state index is 12.3. The second-order valence-electron chi connectivity index (χ2n) is 5.17. The summed E-state index contributed by atoms with van der Waals surface area (Å²) < 4.78 is 6.95. The molecule has 1 aromatic carbocycles. The minimum atomic E-state index is -0.316. The average molecular weight is 302 g/mol. The van der Waals surface area contributed by atoms with E-state index in [0.29, 0.717) is 22.5 Å². The number of ether oxygens (including phenoxy) is 1. The van der Waals surface area contributed by atoms with Gasteiger partial charge in [-0.3, -0.25) is 9.89 Å². The van der Waals surface area contributed by atoms with Crippen molar-refractivity contribution in [2.75, 3.05) is 0 Å². The number of benzene rings is 1. The third-order valence-electron chi connectivity index (χ3n) is 3.57. The fraction of sp³-hybridized carbons (Fsp3) is 0.200. The largest absolute Gasteiger partial charge is 0.450 e. The fourth-order valence-corrected chi connectivity index (χ4v) is 2.54. The van der Waals surface area contributed by atoms with Gasteiger partial charge in [-0.15, -0.1) is 0 Å². The average Bonchev–Trinajstić information content (AvgIpc) is 3.25. The summed E-state index contributed by atoms with van der Waals surface area (Å²) >= 11 is 5.83. The number of halogens is 1. The van der Waals surface area contributed by atoms with Crippen LogP contribution in [0.1, 0.15) is 24.3 Å². The van der Waals surface area contributed by atoms with Crippen molar-refractivity contribution in [1.82, 2.24) is 14.6 Å². The Morgan fingerprint density at radius 2 is 2.19 bits per heavy atom. The van der Waals surface area contributed by atoms with Crippen LogP contribution in [0.2, 0.25) is 5.15 Å². The Balaban J connectivity index is 1.72. The van der Waals surface area contributed by atoms with Gasteiger partial charge in [0.05, 0.1) is 6.20 Å². The number of hydrogen-bond donors (Lipinski definition) is 1. The number of H-pyrrole nitrogens is 1. The van der Waals surface area contributed by atoms with Crippen LogP contribution in [0, 0.1) is 0 Å². The molecule has 0 bridgehead atoms. The van der Waals surface area contributed by atoms with Crippen molar-refractivity contribution in [3.63, 3.8) is 0 Å². The first-order valence-electron chi connectivity index (χ1n) is 6.75. The van der Waals surface area contributed by atoms with E-state index in [1.54, 1.807) is 6.07 Å². The Labute approximate surface area is 125 Å². The van der Waals surface area contributed by atoms with Crippen molar-refractivity contribution < 1.29 is 4.74 Å². The van der Waals surface area contributed by atoms with E-state index in [-0.39, 0.29) is 11.3 Å². The molecule has 5 nitrogen and oxygen atoms in total. The molecule has 21 heavy (non-hydrogen) atoms.